The zero-order valence-electron chi connectivity index (χ0n) is 24.9. The molecule has 0 aliphatic heterocycles. The van der Waals surface area contributed by atoms with Crippen LogP contribution in [0.15, 0.2) is 97.1 Å². The van der Waals surface area contributed by atoms with E-state index in [1.165, 1.54) is 23.9 Å². The fraction of sp³-hybridized carbons (Fsp3) is 0.235. The van der Waals surface area contributed by atoms with E-state index in [-0.39, 0.29) is 25.3 Å². The molecule has 0 heterocycles. The molecule has 0 unspecified atom stereocenters. The third-order valence-corrected chi connectivity index (χ3v) is 7.76. The number of amides is 1. The molecule has 0 aliphatic rings. The first kappa shape index (κ1) is 34.8. The van der Waals surface area contributed by atoms with Crippen LogP contribution in [-0.2, 0) is 24.1 Å². The number of carbonyl (C=O) groups excluding carboxylic acids is 2. The Hall–Kier alpha value is -3.64. The zero-order valence-corrected chi connectivity index (χ0v) is 25.7. The number of nitrogens with one attached hydrogen (secondary N) is 1. The summed E-state index contributed by atoms with van der Waals surface area (Å²) in [6.07, 6.45) is -2.35. The average Bonchev–Trinajstić information content (AvgIpc) is 2.99. The molecule has 1 atom stereocenters. The number of hydrogen-bond acceptors (Lipinski definition) is 5. The SMILES string of the molecule is CSCC[C@H](NC(=O)c1ccc(CN(Cc2ccccc2)c2ccc(C(F)(F)F)cc2)cc1-c1ccccc1C)C(=O)[O-].[Li+]. The van der Waals surface area contributed by atoms with Crippen molar-refractivity contribution in [2.24, 2.45) is 0 Å². The van der Waals surface area contributed by atoms with Crippen molar-refractivity contribution in [1.82, 2.24) is 5.32 Å². The number of benzene rings is 4. The minimum Gasteiger partial charge on any atom is -0.548 e. The molecular formula is C34H32F3LiN2O3S. The summed E-state index contributed by atoms with van der Waals surface area (Å²) in [6.45, 7) is 2.71. The summed E-state index contributed by atoms with van der Waals surface area (Å²) < 4.78 is 39.8. The first-order valence-corrected chi connectivity index (χ1v) is 15.1. The summed E-state index contributed by atoms with van der Waals surface area (Å²) >= 11 is 1.48. The molecule has 0 bridgehead atoms. The van der Waals surface area contributed by atoms with Crippen molar-refractivity contribution in [3.05, 3.63) is 125 Å². The molecule has 44 heavy (non-hydrogen) atoms. The molecule has 0 aliphatic carbocycles. The number of anilines is 1. The maximum absolute atomic E-state index is 13.4. The second kappa shape index (κ2) is 15.9. The molecule has 1 N–H and O–H groups in total. The molecule has 4 aromatic rings. The maximum atomic E-state index is 13.4. The number of carboxylic acid groups (broad SMARTS) is 1. The zero-order chi connectivity index (χ0) is 31.0. The summed E-state index contributed by atoms with van der Waals surface area (Å²) in [5.74, 6) is -1.32. The second-order valence-electron chi connectivity index (χ2n) is 10.2. The quantitative estimate of drug-likeness (QED) is 0.248. The van der Waals surface area contributed by atoms with Crippen molar-refractivity contribution >= 4 is 29.3 Å². The molecule has 0 aromatic heterocycles. The van der Waals surface area contributed by atoms with Gasteiger partial charge < -0.3 is 20.1 Å². The van der Waals surface area contributed by atoms with Gasteiger partial charge in [-0.2, -0.15) is 24.9 Å². The Morgan fingerprint density at radius 2 is 1.50 bits per heavy atom. The van der Waals surface area contributed by atoms with Gasteiger partial charge in [0.05, 0.1) is 17.6 Å². The van der Waals surface area contributed by atoms with Crippen molar-refractivity contribution in [2.75, 3.05) is 16.9 Å². The van der Waals surface area contributed by atoms with Gasteiger partial charge in [0.1, 0.15) is 0 Å². The van der Waals surface area contributed by atoms with E-state index < -0.39 is 29.7 Å². The van der Waals surface area contributed by atoms with Gasteiger partial charge in [-0.1, -0.05) is 60.7 Å². The summed E-state index contributed by atoms with van der Waals surface area (Å²) in [6, 6.07) is 26.5. The van der Waals surface area contributed by atoms with E-state index in [4.69, 9.17) is 0 Å². The topological polar surface area (TPSA) is 72.5 Å². The number of alkyl halides is 3. The van der Waals surface area contributed by atoms with Crippen LogP contribution in [0.1, 0.15) is 39.0 Å². The van der Waals surface area contributed by atoms with Crippen LogP contribution < -0.4 is 34.2 Å². The fourth-order valence-corrected chi connectivity index (χ4v) is 5.30. The molecule has 224 valence electrons. The van der Waals surface area contributed by atoms with Gasteiger partial charge >= 0.3 is 25.0 Å². The van der Waals surface area contributed by atoms with Crippen LogP contribution in [0.2, 0.25) is 0 Å². The van der Waals surface area contributed by atoms with Crippen LogP contribution in [0.4, 0.5) is 18.9 Å². The van der Waals surface area contributed by atoms with E-state index in [1.54, 1.807) is 12.1 Å². The van der Waals surface area contributed by atoms with Crippen molar-refractivity contribution < 1.29 is 46.7 Å². The van der Waals surface area contributed by atoms with Crippen molar-refractivity contribution in [1.29, 1.82) is 0 Å². The smallest absolute Gasteiger partial charge is 0.548 e. The molecule has 0 saturated carbocycles. The molecule has 5 nitrogen and oxygen atoms in total. The van der Waals surface area contributed by atoms with Gasteiger partial charge in [-0.3, -0.25) is 4.79 Å². The molecule has 4 aromatic carbocycles. The van der Waals surface area contributed by atoms with Crippen LogP contribution in [-0.4, -0.2) is 29.9 Å². The van der Waals surface area contributed by atoms with Crippen LogP contribution in [0.5, 0.6) is 0 Å². The minimum atomic E-state index is -4.44. The number of aliphatic carboxylic acids is 1. The fourth-order valence-electron chi connectivity index (χ4n) is 4.83. The van der Waals surface area contributed by atoms with Gasteiger partial charge in [0.2, 0.25) is 0 Å². The monoisotopic (exact) mass is 612 g/mol. The van der Waals surface area contributed by atoms with E-state index in [9.17, 15) is 27.9 Å². The standard InChI is InChI=1S/C34H33F3N2O3S.Li/c1-23-8-6-7-11-28(23)30-20-25(12-17-29(30)32(40)38-31(33(41)42)18-19-43-2)22-39(21-24-9-4-3-5-10-24)27-15-13-26(14-16-27)34(35,36)37;/h3-17,20,31H,18-19,21-22H2,1-2H3,(H,38,40)(H,41,42);/q;+1/p-1/t31-;/m0./s1. The van der Waals surface area contributed by atoms with Gasteiger partial charge in [0.25, 0.3) is 5.91 Å². The Labute approximate surface area is 272 Å². The Bertz CT molecular complexity index is 1550. The number of carboxylic acids is 1. The number of nitrogens with zero attached hydrogens (tertiary/aromatic N) is 1. The number of rotatable bonds is 12. The van der Waals surface area contributed by atoms with Gasteiger partial charge in [0.15, 0.2) is 0 Å². The summed E-state index contributed by atoms with van der Waals surface area (Å²) in [4.78, 5) is 27.1. The van der Waals surface area contributed by atoms with Gasteiger partial charge in [-0.15, -0.1) is 0 Å². The molecule has 0 saturated heterocycles. The van der Waals surface area contributed by atoms with E-state index in [1.807, 2.05) is 78.7 Å². The predicted octanol–water partition coefficient (Wildman–Crippen LogP) is 3.49. The van der Waals surface area contributed by atoms with Crippen molar-refractivity contribution in [3.8, 4) is 11.1 Å². The summed E-state index contributed by atoms with van der Waals surface area (Å²) in [5.41, 5.74) is 4.38. The van der Waals surface area contributed by atoms with E-state index in [2.05, 4.69) is 5.32 Å². The molecule has 4 rings (SSSR count). The van der Waals surface area contributed by atoms with E-state index in [0.717, 1.165) is 34.4 Å². The minimum absolute atomic E-state index is 0. The van der Waals surface area contributed by atoms with E-state index >= 15 is 0 Å². The Kier molecular flexibility index (Phi) is 12.6. The first-order chi connectivity index (χ1) is 20.6. The first-order valence-electron chi connectivity index (χ1n) is 13.7. The molecule has 0 radical (unpaired) electrons. The van der Waals surface area contributed by atoms with E-state index in [0.29, 0.717) is 35.7 Å². The molecule has 1 amide bonds. The molecule has 10 heteroatoms. The summed E-state index contributed by atoms with van der Waals surface area (Å²) in [5, 5.41) is 14.3. The van der Waals surface area contributed by atoms with Crippen molar-refractivity contribution in [3.63, 3.8) is 0 Å². The predicted molar refractivity (Wildman–Crippen MR) is 164 cm³/mol. The normalized spacial score (nSPS) is 11.8. The number of carbonyl (C=O) groups is 2. The second-order valence-corrected chi connectivity index (χ2v) is 11.2. The average molecular weight is 613 g/mol. The number of halogens is 3. The van der Waals surface area contributed by atoms with Gasteiger partial charge in [-0.05, 0) is 89.6 Å². The third-order valence-electron chi connectivity index (χ3n) is 7.11. The molecular weight excluding hydrogens is 580 g/mol. The number of aryl methyl sites for hydroxylation is 1. The Morgan fingerprint density at radius 1 is 0.864 bits per heavy atom. The largest absolute Gasteiger partial charge is 1.00 e. The van der Waals surface area contributed by atoms with Crippen molar-refractivity contribution in [2.45, 2.75) is 38.7 Å². The van der Waals surface area contributed by atoms with Crippen LogP contribution in [0.3, 0.4) is 0 Å². The summed E-state index contributed by atoms with van der Waals surface area (Å²) in [7, 11) is 0. The molecule has 0 fully saturated rings. The van der Waals surface area contributed by atoms with Gasteiger partial charge in [0, 0.05) is 24.3 Å². The molecule has 0 spiro atoms. The van der Waals surface area contributed by atoms with Crippen LogP contribution in [0.25, 0.3) is 11.1 Å². The van der Waals surface area contributed by atoms with Crippen LogP contribution in [0, 0.1) is 6.92 Å². The maximum Gasteiger partial charge on any atom is 1.00 e. The van der Waals surface area contributed by atoms with Gasteiger partial charge in [-0.25, -0.2) is 0 Å². The Balaban J connectivity index is 0.00000529. The Morgan fingerprint density at radius 3 is 2.11 bits per heavy atom. The number of thioether (sulfide) groups is 1. The third kappa shape index (κ3) is 9.18. The number of hydrogen-bond donors (Lipinski definition) is 1. The van der Waals surface area contributed by atoms with Crippen LogP contribution >= 0.6 is 11.8 Å².